The second-order valence-electron chi connectivity index (χ2n) is 3.99. The van der Waals surface area contributed by atoms with Crippen LogP contribution in [0.2, 0.25) is 5.02 Å². The maximum atomic E-state index is 6.14. The molecule has 0 amide bonds. The van der Waals surface area contributed by atoms with Crippen molar-refractivity contribution in [2.24, 2.45) is 0 Å². The summed E-state index contributed by atoms with van der Waals surface area (Å²) in [6.45, 7) is 6.09. The summed E-state index contributed by atoms with van der Waals surface area (Å²) < 4.78 is 10.3. The molecule has 18 heavy (non-hydrogen) atoms. The molecule has 1 heterocycles. The fourth-order valence-corrected chi connectivity index (χ4v) is 1.69. The molecule has 2 aromatic rings. The zero-order valence-electron chi connectivity index (χ0n) is 9.94. The number of halogens is 1. The van der Waals surface area contributed by atoms with Gasteiger partial charge in [0, 0.05) is 0 Å². The Kier molecular flexibility index (Phi) is 3.58. The molecule has 0 radical (unpaired) electrons. The Labute approximate surface area is 110 Å². The number of benzene rings is 1. The molecule has 0 saturated carbocycles. The lowest BCUT2D eigenvalue weighted by Crippen LogP contribution is -1.98. The van der Waals surface area contributed by atoms with Crippen molar-refractivity contribution in [2.75, 3.05) is 12.3 Å². The molecule has 0 spiro atoms. The van der Waals surface area contributed by atoms with Crippen molar-refractivity contribution < 1.29 is 9.26 Å². The number of hydrogen-bond donors (Lipinski definition) is 1. The van der Waals surface area contributed by atoms with Gasteiger partial charge in [-0.25, -0.2) is 0 Å². The number of ether oxygens (including phenoxy) is 1. The number of nitrogens with zero attached hydrogens (tertiary/aromatic N) is 1. The van der Waals surface area contributed by atoms with Gasteiger partial charge < -0.3 is 15.0 Å². The van der Waals surface area contributed by atoms with Crippen molar-refractivity contribution >= 4 is 17.5 Å². The van der Waals surface area contributed by atoms with Gasteiger partial charge in [0.05, 0.1) is 16.8 Å². The minimum Gasteiger partial charge on any atom is -0.488 e. The molecule has 0 unspecified atom stereocenters. The highest BCUT2D eigenvalue weighted by Crippen LogP contribution is 2.32. The second kappa shape index (κ2) is 5.14. The Morgan fingerprint density at radius 1 is 1.56 bits per heavy atom. The van der Waals surface area contributed by atoms with Crippen LogP contribution in [0.5, 0.6) is 5.75 Å². The Hall–Kier alpha value is -1.94. The average Bonchev–Trinajstić information content (AvgIpc) is 2.73. The Bertz CT molecular complexity index is 578. The SMILES string of the molecule is C=C(C)COc1ccc(-c2cnoc2N)cc1Cl. The molecule has 1 aromatic carbocycles. The lowest BCUT2D eigenvalue weighted by molar-refractivity contribution is 0.353. The van der Waals surface area contributed by atoms with Crippen LogP contribution in [0.4, 0.5) is 5.88 Å². The number of nitrogens with two attached hydrogens (primary N) is 1. The zero-order chi connectivity index (χ0) is 13.1. The van der Waals surface area contributed by atoms with Crippen LogP contribution in [0, 0.1) is 0 Å². The first kappa shape index (κ1) is 12.5. The monoisotopic (exact) mass is 264 g/mol. The van der Waals surface area contributed by atoms with Crippen LogP contribution in [0.25, 0.3) is 11.1 Å². The average molecular weight is 265 g/mol. The Balaban J connectivity index is 2.25. The molecule has 2 rings (SSSR count). The summed E-state index contributed by atoms with van der Waals surface area (Å²) in [4.78, 5) is 0. The predicted octanol–water partition coefficient (Wildman–Crippen LogP) is 3.53. The van der Waals surface area contributed by atoms with Crippen molar-refractivity contribution in [1.82, 2.24) is 5.16 Å². The molecule has 0 saturated heterocycles. The van der Waals surface area contributed by atoms with E-state index >= 15 is 0 Å². The quantitative estimate of drug-likeness (QED) is 0.858. The van der Waals surface area contributed by atoms with E-state index in [2.05, 4.69) is 11.7 Å². The van der Waals surface area contributed by atoms with E-state index in [1.807, 2.05) is 13.0 Å². The van der Waals surface area contributed by atoms with Gasteiger partial charge in [-0.1, -0.05) is 29.4 Å². The molecule has 0 aliphatic heterocycles. The van der Waals surface area contributed by atoms with Crippen molar-refractivity contribution in [3.8, 4) is 16.9 Å². The van der Waals surface area contributed by atoms with E-state index in [1.54, 1.807) is 18.3 Å². The molecular weight excluding hydrogens is 252 g/mol. The van der Waals surface area contributed by atoms with E-state index in [0.717, 1.165) is 11.1 Å². The Morgan fingerprint density at radius 3 is 2.89 bits per heavy atom. The highest BCUT2D eigenvalue weighted by molar-refractivity contribution is 6.32. The number of anilines is 1. The largest absolute Gasteiger partial charge is 0.488 e. The fraction of sp³-hybridized carbons (Fsp3) is 0.154. The fourth-order valence-electron chi connectivity index (χ4n) is 1.45. The molecule has 0 bridgehead atoms. The van der Waals surface area contributed by atoms with Crippen LogP contribution in [0.3, 0.4) is 0 Å². The molecule has 0 aliphatic rings. The normalized spacial score (nSPS) is 10.3. The molecular formula is C13H13ClN2O2. The van der Waals surface area contributed by atoms with Crippen molar-refractivity contribution in [3.05, 3.63) is 41.6 Å². The Morgan fingerprint density at radius 2 is 2.33 bits per heavy atom. The van der Waals surface area contributed by atoms with E-state index < -0.39 is 0 Å². The maximum Gasteiger partial charge on any atom is 0.229 e. The van der Waals surface area contributed by atoms with Crippen LogP contribution < -0.4 is 10.5 Å². The summed E-state index contributed by atoms with van der Waals surface area (Å²) in [6, 6.07) is 5.40. The van der Waals surface area contributed by atoms with E-state index in [4.69, 9.17) is 26.6 Å². The molecule has 2 N–H and O–H groups in total. The van der Waals surface area contributed by atoms with Crippen LogP contribution in [-0.2, 0) is 0 Å². The van der Waals surface area contributed by atoms with Crippen molar-refractivity contribution in [3.63, 3.8) is 0 Å². The van der Waals surface area contributed by atoms with E-state index in [9.17, 15) is 0 Å². The van der Waals surface area contributed by atoms with Gasteiger partial charge in [0.15, 0.2) is 0 Å². The number of aromatic nitrogens is 1. The first-order valence-electron chi connectivity index (χ1n) is 5.35. The molecule has 5 heteroatoms. The summed E-state index contributed by atoms with van der Waals surface area (Å²) >= 11 is 6.14. The van der Waals surface area contributed by atoms with Crippen LogP contribution in [-0.4, -0.2) is 11.8 Å². The first-order valence-corrected chi connectivity index (χ1v) is 5.73. The standard InChI is InChI=1S/C13H13ClN2O2/c1-8(2)7-17-12-4-3-9(5-11(12)14)10-6-16-18-13(10)15/h3-6H,1,7,15H2,2H3. The molecule has 0 atom stereocenters. The van der Waals surface area contributed by atoms with Gasteiger partial charge in [0.25, 0.3) is 0 Å². The number of rotatable bonds is 4. The lowest BCUT2D eigenvalue weighted by atomic mass is 10.1. The zero-order valence-corrected chi connectivity index (χ0v) is 10.7. The van der Waals surface area contributed by atoms with Gasteiger partial charge in [-0.2, -0.15) is 0 Å². The molecule has 4 nitrogen and oxygen atoms in total. The number of hydrogen-bond acceptors (Lipinski definition) is 4. The summed E-state index contributed by atoms with van der Waals surface area (Å²) in [5.41, 5.74) is 8.12. The third kappa shape index (κ3) is 2.65. The highest BCUT2D eigenvalue weighted by atomic mass is 35.5. The van der Waals surface area contributed by atoms with E-state index in [-0.39, 0.29) is 5.88 Å². The van der Waals surface area contributed by atoms with Crippen molar-refractivity contribution in [1.29, 1.82) is 0 Å². The third-order valence-corrected chi connectivity index (χ3v) is 2.61. The van der Waals surface area contributed by atoms with Crippen LogP contribution in [0.15, 0.2) is 41.1 Å². The first-order chi connectivity index (χ1) is 8.58. The highest BCUT2D eigenvalue weighted by Gasteiger charge is 2.10. The minimum absolute atomic E-state index is 0.265. The van der Waals surface area contributed by atoms with Gasteiger partial charge in [-0.3, -0.25) is 0 Å². The van der Waals surface area contributed by atoms with Gasteiger partial charge >= 0.3 is 0 Å². The minimum atomic E-state index is 0.265. The summed E-state index contributed by atoms with van der Waals surface area (Å²) in [6.07, 6.45) is 1.55. The maximum absolute atomic E-state index is 6.14. The predicted molar refractivity (Wildman–Crippen MR) is 71.7 cm³/mol. The van der Waals surface area contributed by atoms with E-state index in [1.165, 1.54) is 0 Å². The van der Waals surface area contributed by atoms with E-state index in [0.29, 0.717) is 22.9 Å². The summed E-state index contributed by atoms with van der Waals surface area (Å²) in [5, 5.41) is 4.13. The van der Waals surface area contributed by atoms with Gasteiger partial charge in [0.1, 0.15) is 12.4 Å². The molecule has 0 aliphatic carbocycles. The van der Waals surface area contributed by atoms with Gasteiger partial charge in [-0.15, -0.1) is 0 Å². The number of nitrogen functional groups attached to an aromatic ring is 1. The summed E-state index contributed by atoms with van der Waals surface area (Å²) in [5.74, 6) is 0.875. The van der Waals surface area contributed by atoms with Crippen LogP contribution >= 0.6 is 11.6 Å². The van der Waals surface area contributed by atoms with Crippen molar-refractivity contribution in [2.45, 2.75) is 6.92 Å². The van der Waals surface area contributed by atoms with Crippen LogP contribution in [0.1, 0.15) is 6.92 Å². The molecule has 1 aromatic heterocycles. The third-order valence-electron chi connectivity index (χ3n) is 2.32. The second-order valence-corrected chi connectivity index (χ2v) is 4.40. The van der Waals surface area contributed by atoms with Gasteiger partial charge in [0.2, 0.25) is 5.88 Å². The molecule has 0 fully saturated rings. The smallest absolute Gasteiger partial charge is 0.229 e. The summed E-state index contributed by atoms with van der Waals surface area (Å²) in [7, 11) is 0. The topological polar surface area (TPSA) is 61.3 Å². The lowest BCUT2D eigenvalue weighted by Gasteiger charge is -2.08. The van der Waals surface area contributed by atoms with Gasteiger partial charge in [-0.05, 0) is 30.2 Å². The molecule has 94 valence electrons.